The average molecular weight is 587 g/mol. The van der Waals surface area contributed by atoms with Gasteiger partial charge in [0.25, 0.3) is 0 Å². The Morgan fingerprint density at radius 3 is 2.74 bits per heavy atom. The van der Waals surface area contributed by atoms with Gasteiger partial charge in [-0.3, -0.25) is 4.90 Å². The monoisotopic (exact) mass is 587 g/mol. The van der Waals surface area contributed by atoms with Crippen molar-refractivity contribution >= 4 is 34.0 Å². The van der Waals surface area contributed by atoms with Crippen LogP contribution in [-0.2, 0) is 17.8 Å². The van der Waals surface area contributed by atoms with Gasteiger partial charge in [0.15, 0.2) is 11.6 Å². The summed E-state index contributed by atoms with van der Waals surface area (Å²) in [6, 6.07) is 6.85. The average Bonchev–Trinajstić information content (AvgIpc) is 3.30. The van der Waals surface area contributed by atoms with Gasteiger partial charge in [-0.15, -0.1) is 0 Å². The molecule has 2 aromatic carbocycles. The third-order valence-electron chi connectivity index (χ3n) is 5.51. The summed E-state index contributed by atoms with van der Waals surface area (Å²) in [7, 11) is 0. The highest BCUT2D eigenvalue weighted by atomic mass is 127. The maximum Gasteiger partial charge on any atom is 0.182 e. The molecule has 0 bridgehead atoms. The first-order valence-electron chi connectivity index (χ1n) is 10.7. The Morgan fingerprint density at radius 1 is 1.18 bits per heavy atom. The number of aromatic amines is 1. The molecule has 4 N–H and O–H groups in total. The molecule has 1 saturated heterocycles. The number of aliphatic hydroxyl groups is 1. The summed E-state index contributed by atoms with van der Waals surface area (Å²) in [6.07, 6.45) is 4.24. The molecule has 0 atom stereocenters. The minimum absolute atomic E-state index is 0.0115. The molecule has 0 unspecified atom stereocenters. The summed E-state index contributed by atoms with van der Waals surface area (Å²) >= 11 is 1.97. The molecule has 0 radical (unpaired) electrons. The van der Waals surface area contributed by atoms with Gasteiger partial charge in [-0.25, -0.2) is 18.2 Å². The summed E-state index contributed by atoms with van der Waals surface area (Å²) in [6.45, 7) is 2.22. The fraction of sp³-hybridized carbons (Fsp3) is 0.348. The number of halogens is 4. The van der Waals surface area contributed by atoms with Gasteiger partial charge in [0.05, 0.1) is 36.7 Å². The Bertz CT molecular complexity index is 1110. The number of likely N-dealkylation sites (tertiary alicyclic amines) is 1. The smallest absolute Gasteiger partial charge is 0.182 e. The molecule has 2 heterocycles. The molecule has 1 aliphatic rings. The van der Waals surface area contributed by atoms with Crippen molar-refractivity contribution in [2.45, 2.75) is 18.6 Å². The van der Waals surface area contributed by atoms with Gasteiger partial charge in [0.2, 0.25) is 0 Å². The van der Waals surface area contributed by atoms with Crippen LogP contribution in [0.3, 0.4) is 0 Å². The van der Waals surface area contributed by atoms with Crippen molar-refractivity contribution in [1.82, 2.24) is 20.2 Å². The van der Waals surface area contributed by atoms with Crippen molar-refractivity contribution in [3.05, 3.63) is 75.1 Å². The van der Waals surface area contributed by atoms with Gasteiger partial charge in [0.1, 0.15) is 11.4 Å². The lowest BCUT2D eigenvalue weighted by molar-refractivity contribution is -0.136. The van der Waals surface area contributed by atoms with Crippen LogP contribution in [0.5, 0.6) is 0 Å². The number of imidazole rings is 1. The molecule has 1 aromatic heterocycles. The number of benzene rings is 2. The fourth-order valence-electron chi connectivity index (χ4n) is 3.81. The first-order chi connectivity index (χ1) is 16.3. The summed E-state index contributed by atoms with van der Waals surface area (Å²) in [5, 5.41) is 16.4. The van der Waals surface area contributed by atoms with Crippen molar-refractivity contribution < 1.29 is 23.0 Å². The molecular formula is C23H25F3IN5O2. The molecule has 182 valence electrons. The summed E-state index contributed by atoms with van der Waals surface area (Å²) in [5.41, 5.74) is 0.346. The molecule has 3 aromatic rings. The Hall–Kier alpha value is -2.19. The van der Waals surface area contributed by atoms with Crippen LogP contribution in [0, 0.1) is 21.0 Å². The second-order valence-electron chi connectivity index (χ2n) is 8.32. The summed E-state index contributed by atoms with van der Waals surface area (Å²) in [5.74, 6) is -2.71. The van der Waals surface area contributed by atoms with Gasteiger partial charge < -0.3 is 25.5 Å². The van der Waals surface area contributed by atoms with Crippen molar-refractivity contribution in [2.24, 2.45) is 0 Å². The number of ether oxygens (including phenoxy) is 1. The molecule has 0 spiro atoms. The lowest BCUT2D eigenvalue weighted by Gasteiger charge is -2.46. The second kappa shape index (κ2) is 11.0. The first kappa shape index (κ1) is 24.9. The van der Waals surface area contributed by atoms with Crippen LogP contribution in [-0.4, -0.2) is 58.5 Å². The third-order valence-corrected chi connectivity index (χ3v) is 6.18. The molecule has 1 fully saturated rings. The number of aromatic nitrogens is 2. The van der Waals surface area contributed by atoms with Crippen molar-refractivity contribution in [2.75, 3.05) is 38.2 Å². The fourth-order valence-corrected chi connectivity index (χ4v) is 4.26. The SMILES string of the molecule is OC1(CNCCc2c[nH]cn2)CN(COCc2ccc(F)c(F)c2Nc2ccc(I)cc2F)C1. The topological polar surface area (TPSA) is 85.4 Å². The summed E-state index contributed by atoms with van der Waals surface area (Å²) < 4.78 is 48.9. The largest absolute Gasteiger partial charge is 0.386 e. The zero-order chi connectivity index (χ0) is 24.1. The van der Waals surface area contributed by atoms with Gasteiger partial charge >= 0.3 is 0 Å². The van der Waals surface area contributed by atoms with E-state index in [1.54, 1.807) is 12.4 Å². The first-order valence-corrected chi connectivity index (χ1v) is 11.8. The van der Waals surface area contributed by atoms with Crippen LogP contribution < -0.4 is 10.6 Å². The lowest BCUT2D eigenvalue weighted by atomic mass is 9.95. The number of nitrogens with zero attached hydrogens (tertiary/aromatic N) is 2. The van der Waals surface area contributed by atoms with Gasteiger partial charge in [-0.2, -0.15) is 0 Å². The maximum atomic E-state index is 14.5. The quantitative estimate of drug-likeness (QED) is 0.203. The molecule has 11 heteroatoms. The van der Waals surface area contributed by atoms with Crippen LogP contribution in [0.2, 0.25) is 0 Å². The molecule has 0 amide bonds. The molecule has 0 saturated carbocycles. The van der Waals surface area contributed by atoms with E-state index in [2.05, 4.69) is 20.6 Å². The van der Waals surface area contributed by atoms with Gasteiger partial charge in [-0.1, -0.05) is 6.07 Å². The Morgan fingerprint density at radius 2 is 2.00 bits per heavy atom. The number of anilines is 2. The second-order valence-corrected chi connectivity index (χ2v) is 9.57. The summed E-state index contributed by atoms with van der Waals surface area (Å²) in [4.78, 5) is 8.96. The van der Waals surface area contributed by atoms with Crippen LogP contribution in [0.25, 0.3) is 0 Å². The number of rotatable bonds is 11. The Labute approximate surface area is 208 Å². The normalized spacial score (nSPS) is 15.3. The molecule has 1 aliphatic heterocycles. The van der Waals surface area contributed by atoms with Crippen LogP contribution in [0.4, 0.5) is 24.5 Å². The molecular weight excluding hydrogens is 562 g/mol. The number of β-amino-alcohol motifs (C(OH)–C–C–N with tert-alkyl or cyclic N) is 1. The minimum Gasteiger partial charge on any atom is -0.386 e. The zero-order valence-electron chi connectivity index (χ0n) is 18.3. The minimum atomic E-state index is -1.10. The van der Waals surface area contributed by atoms with E-state index in [0.29, 0.717) is 35.3 Å². The molecule has 4 rings (SSSR count). The third kappa shape index (κ3) is 6.27. The predicted octanol–water partition coefficient (Wildman–Crippen LogP) is 3.53. The van der Waals surface area contributed by atoms with Crippen molar-refractivity contribution in [3.63, 3.8) is 0 Å². The van der Waals surface area contributed by atoms with E-state index in [-0.39, 0.29) is 24.7 Å². The Kier molecular flexibility index (Phi) is 8.09. The van der Waals surface area contributed by atoms with Crippen LogP contribution >= 0.6 is 22.6 Å². The van der Waals surface area contributed by atoms with Crippen molar-refractivity contribution in [1.29, 1.82) is 0 Å². The van der Waals surface area contributed by atoms with E-state index in [9.17, 15) is 18.3 Å². The van der Waals surface area contributed by atoms with Crippen LogP contribution in [0.15, 0.2) is 42.9 Å². The van der Waals surface area contributed by atoms with E-state index >= 15 is 0 Å². The molecule has 0 aliphatic carbocycles. The number of hydrogen-bond donors (Lipinski definition) is 4. The maximum absolute atomic E-state index is 14.5. The van der Waals surface area contributed by atoms with E-state index < -0.39 is 23.1 Å². The standard InChI is InChI=1S/C23H25F3IN5O2/c24-18-3-1-15(22(21(18)26)31-20-4-2-16(27)7-19(20)25)9-34-14-32-11-23(33,12-32)10-28-6-5-17-8-29-13-30-17/h1-4,7-8,13,28,31,33H,5-6,9-12,14H2,(H,29,30). The highest BCUT2D eigenvalue weighted by molar-refractivity contribution is 14.1. The predicted molar refractivity (Wildman–Crippen MR) is 130 cm³/mol. The number of H-pyrrole nitrogens is 1. The van der Waals surface area contributed by atoms with E-state index in [0.717, 1.165) is 18.2 Å². The zero-order valence-corrected chi connectivity index (χ0v) is 20.4. The highest BCUT2D eigenvalue weighted by Gasteiger charge is 2.40. The molecule has 7 nitrogen and oxygen atoms in total. The van der Waals surface area contributed by atoms with Gasteiger partial charge in [-0.05, 0) is 46.9 Å². The number of hydrogen-bond acceptors (Lipinski definition) is 6. The van der Waals surface area contributed by atoms with E-state index in [1.807, 2.05) is 33.7 Å². The van der Waals surface area contributed by atoms with Crippen LogP contribution in [0.1, 0.15) is 11.3 Å². The number of nitrogens with one attached hydrogen (secondary N) is 3. The van der Waals surface area contributed by atoms with Gasteiger partial charge in [0, 0.05) is 47.9 Å². The Balaban J connectivity index is 1.25. The van der Waals surface area contributed by atoms with E-state index in [4.69, 9.17) is 4.74 Å². The van der Waals surface area contributed by atoms with Crippen molar-refractivity contribution in [3.8, 4) is 0 Å². The lowest BCUT2D eigenvalue weighted by Crippen LogP contribution is -2.66. The molecule has 34 heavy (non-hydrogen) atoms. The highest BCUT2D eigenvalue weighted by Crippen LogP contribution is 2.29. The van der Waals surface area contributed by atoms with E-state index in [1.165, 1.54) is 18.2 Å².